The topological polar surface area (TPSA) is 3.24 Å². The van der Waals surface area contributed by atoms with Crippen LogP contribution in [0.1, 0.15) is 6.42 Å². The van der Waals surface area contributed by atoms with Crippen molar-refractivity contribution >= 4 is 35.1 Å². The van der Waals surface area contributed by atoms with Crippen LogP contribution in [0.5, 0.6) is 0 Å². The number of nitrogens with zero attached hydrogens (tertiary/aromatic N) is 1. The van der Waals surface area contributed by atoms with Gasteiger partial charge in [0.05, 0.1) is 0 Å². The van der Waals surface area contributed by atoms with Crippen molar-refractivity contribution in [2.75, 3.05) is 18.0 Å². The van der Waals surface area contributed by atoms with E-state index in [1.165, 1.54) is 28.6 Å². The molecule has 1 aromatic rings. The van der Waals surface area contributed by atoms with Gasteiger partial charge in [0.2, 0.25) is 0 Å². The van der Waals surface area contributed by atoms with Crippen molar-refractivity contribution < 1.29 is 0 Å². The van der Waals surface area contributed by atoms with Gasteiger partial charge in [-0.1, -0.05) is 0 Å². The molecular weight excluding hydrogens is 248 g/mol. The molecule has 0 atom stereocenters. The van der Waals surface area contributed by atoms with Gasteiger partial charge in [-0.3, -0.25) is 0 Å². The van der Waals surface area contributed by atoms with Gasteiger partial charge in [-0.25, -0.2) is 0 Å². The van der Waals surface area contributed by atoms with Crippen LogP contribution >= 0.6 is 22.6 Å². The van der Waals surface area contributed by atoms with Crippen LogP contribution in [0.4, 0.5) is 5.58 Å². The SMILES string of the molecule is Ic1bc(N2CCC2)ccc1. The van der Waals surface area contributed by atoms with Gasteiger partial charge in [-0.05, 0) is 0 Å². The van der Waals surface area contributed by atoms with Crippen LogP contribution in [0.3, 0.4) is 0 Å². The Kier molecular flexibility index (Phi) is 2.16. The minimum atomic E-state index is 1.24. The predicted octanol–water partition coefficient (Wildman–Crippen LogP) is 1.84. The zero-order chi connectivity index (χ0) is 7.68. The number of hydrogen-bond acceptors (Lipinski definition) is 1. The summed E-state index contributed by atoms with van der Waals surface area (Å²) in [7, 11) is 0. The van der Waals surface area contributed by atoms with Gasteiger partial charge in [0.1, 0.15) is 0 Å². The Morgan fingerprint density at radius 2 is 2.18 bits per heavy atom. The first-order valence-corrected chi connectivity index (χ1v) is 4.95. The average Bonchev–Trinajstić information content (AvgIpc) is 1.83. The van der Waals surface area contributed by atoms with Crippen molar-refractivity contribution in [1.82, 2.24) is 0 Å². The molecule has 1 nitrogen and oxygen atoms in total. The van der Waals surface area contributed by atoms with Gasteiger partial charge in [0.25, 0.3) is 0 Å². The second-order valence-corrected chi connectivity index (χ2v) is 4.07. The summed E-state index contributed by atoms with van der Waals surface area (Å²) in [5.74, 6) is 0. The normalized spacial score (nSPS) is 15.9. The van der Waals surface area contributed by atoms with Gasteiger partial charge in [-0.2, -0.15) is 0 Å². The molecule has 0 N–H and O–H groups in total. The van der Waals surface area contributed by atoms with Crippen LogP contribution in [-0.4, -0.2) is 20.0 Å². The first kappa shape index (κ1) is 7.59. The Balaban J connectivity index is 2.23. The molecule has 2 heterocycles. The van der Waals surface area contributed by atoms with Crippen LogP contribution in [0.25, 0.3) is 0 Å². The Bertz CT molecular complexity index is 260. The Labute approximate surface area is 81.1 Å². The summed E-state index contributed by atoms with van der Waals surface area (Å²) in [5, 5.41) is 0. The Morgan fingerprint density at radius 3 is 2.73 bits per heavy atom. The van der Waals surface area contributed by atoms with Gasteiger partial charge in [0, 0.05) is 0 Å². The van der Waals surface area contributed by atoms with Crippen LogP contribution in [-0.2, 0) is 0 Å². The molecule has 1 aromatic heterocycles. The van der Waals surface area contributed by atoms with E-state index in [0.29, 0.717) is 0 Å². The van der Waals surface area contributed by atoms with E-state index in [4.69, 9.17) is 0 Å². The molecule has 0 unspecified atom stereocenters. The summed E-state index contributed by atoms with van der Waals surface area (Å²) >= 11 is 2.35. The van der Waals surface area contributed by atoms with Crippen molar-refractivity contribution in [2.24, 2.45) is 0 Å². The molecule has 1 saturated heterocycles. The molecule has 0 amide bonds. The zero-order valence-corrected chi connectivity index (χ0v) is 8.41. The van der Waals surface area contributed by atoms with Crippen molar-refractivity contribution in [1.29, 1.82) is 0 Å². The molecule has 0 aromatic carbocycles. The summed E-state index contributed by atoms with van der Waals surface area (Å²) in [4.78, 5) is 2.40. The fourth-order valence-corrected chi connectivity index (χ4v) is 1.77. The second-order valence-electron chi connectivity index (χ2n) is 2.82. The van der Waals surface area contributed by atoms with E-state index in [1.54, 1.807) is 0 Å². The number of rotatable bonds is 1. The molecule has 1 aliphatic heterocycles. The Morgan fingerprint density at radius 1 is 1.36 bits per heavy atom. The molecule has 11 heavy (non-hydrogen) atoms. The first-order valence-electron chi connectivity index (χ1n) is 3.87. The van der Waals surface area contributed by atoms with E-state index in [9.17, 15) is 0 Å². The zero-order valence-electron chi connectivity index (χ0n) is 6.26. The van der Waals surface area contributed by atoms with E-state index in [-0.39, 0.29) is 0 Å². The monoisotopic (exact) mass is 257 g/mol. The predicted molar refractivity (Wildman–Crippen MR) is 57.3 cm³/mol. The third kappa shape index (κ3) is 1.58. The van der Waals surface area contributed by atoms with E-state index < -0.39 is 0 Å². The molecule has 1 fully saturated rings. The second kappa shape index (κ2) is 3.13. The van der Waals surface area contributed by atoms with Crippen LogP contribution in [0.15, 0.2) is 18.2 Å². The number of anilines is 1. The molecule has 0 aliphatic carbocycles. The van der Waals surface area contributed by atoms with Crippen molar-refractivity contribution in [3.8, 4) is 0 Å². The minimum absolute atomic E-state index is 1.24. The molecule has 0 saturated carbocycles. The maximum absolute atomic E-state index is 2.40. The fourth-order valence-electron chi connectivity index (χ4n) is 1.25. The van der Waals surface area contributed by atoms with E-state index >= 15 is 0 Å². The summed E-state index contributed by atoms with van der Waals surface area (Å²) in [6.07, 6.45) is 1.35. The number of hydrogen-bond donors (Lipinski definition) is 0. The van der Waals surface area contributed by atoms with E-state index in [1.807, 2.05) is 0 Å². The fraction of sp³-hybridized carbons (Fsp3) is 0.375. The molecule has 3 heteroatoms. The van der Waals surface area contributed by atoms with E-state index in [2.05, 4.69) is 52.6 Å². The van der Waals surface area contributed by atoms with Crippen LogP contribution in [0, 0.1) is 3.47 Å². The maximum atomic E-state index is 2.40. The van der Waals surface area contributed by atoms with E-state index in [0.717, 1.165) is 0 Å². The average molecular weight is 257 g/mol. The molecule has 2 rings (SSSR count). The third-order valence-corrected chi connectivity index (χ3v) is 2.70. The molecule has 0 radical (unpaired) electrons. The summed E-state index contributed by atoms with van der Waals surface area (Å²) in [5.41, 5.74) is 1.38. The van der Waals surface area contributed by atoms with Gasteiger partial charge < -0.3 is 0 Å². The number of halogens is 1. The van der Waals surface area contributed by atoms with Crippen molar-refractivity contribution in [2.45, 2.75) is 6.42 Å². The first-order chi connectivity index (χ1) is 5.36. The standard InChI is InChI=1S/C8H9BIN/c10-7-3-1-4-8(9-7)11-5-2-6-11/h1,3-4H,2,5-6H2. The molecule has 1 aliphatic rings. The molecular formula is C8H9BIN. The van der Waals surface area contributed by atoms with Crippen molar-refractivity contribution in [3.63, 3.8) is 0 Å². The molecule has 0 bridgehead atoms. The summed E-state index contributed by atoms with van der Waals surface area (Å²) < 4.78 is 1.33. The van der Waals surface area contributed by atoms with Crippen molar-refractivity contribution in [3.05, 3.63) is 21.7 Å². The Hall–Kier alpha value is -0.0551. The third-order valence-electron chi connectivity index (χ3n) is 2.03. The quantitative estimate of drug-likeness (QED) is 0.694. The molecule has 56 valence electrons. The summed E-state index contributed by atoms with van der Waals surface area (Å²) in [6, 6.07) is 6.43. The van der Waals surface area contributed by atoms with Crippen LogP contribution < -0.4 is 4.90 Å². The summed E-state index contributed by atoms with van der Waals surface area (Å²) in [6.45, 7) is 4.71. The molecule has 0 spiro atoms. The van der Waals surface area contributed by atoms with Gasteiger partial charge in [-0.15, -0.1) is 0 Å². The van der Waals surface area contributed by atoms with Gasteiger partial charge >= 0.3 is 81.2 Å². The van der Waals surface area contributed by atoms with Gasteiger partial charge in [0.15, 0.2) is 0 Å². The van der Waals surface area contributed by atoms with Crippen LogP contribution in [0.2, 0.25) is 0 Å².